The third kappa shape index (κ3) is 11.4. The van der Waals surface area contributed by atoms with E-state index in [9.17, 15) is 0 Å². The van der Waals surface area contributed by atoms with E-state index in [-0.39, 0.29) is 29.6 Å². The van der Waals surface area contributed by atoms with Crippen molar-refractivity contribution >= 4 is 24.2 Å². The molecular formula is C21H21NaO2. The summed E-state index contributed by atoms with van der Waals surface area (Å²) >= 11 is 0. The van der Waals surface area contributed by atoms with Crippen LogP contribution in [0.5, 0.6) is 0 Å². The third-order valence-corrected chi connectivity index (χ3v) is 2.64. The molecule has 0 aliphatic heterocycles. The minimum absolute atomic E-state index is 0. The summed E-state index contributed by atoms with van der Waals surface area (Å²) in [7, 11) is 0. The van der Waals surface area contributed by atoms with Crippen LogP contribution in [0.15, 0.2) is 87.0 Å². The van der Waals surface area contributed by atoms with E-state index in [0.717, 1.165) is 17.2 Å². The molecule has 0 aliphatic rings. The largest absolute Gasteiger partial charge is 1.00 e. The Hall–Kier alpha value is -2.13. The summed E-state index contributed by atoms with van der Waals surface area (Å²) in [4.78, 5) is 9.14. The van der Waals surface area contributed by atoms with E-state index in [4.69, 9.17) is 9.90 Å². The van der Waals surface area contributed by atoms with Gasteiger partial charge in [0, 0.05) is 0 Å². The maximum absolute atomic E-state index is 9.14. The van der Waals surface area contributed by atoms with Gasteiger partial charge in [0.1, 0.15) is 0 Å². The van der Waals surface area contributed by atoms with Gasteiger partial charge in [-0.2, -0.15) is 0 Å². The average molecular weight is 328 g/mol. The Morgan fingerprint density at radius 2 is 1.12 bits per heavy atom. The van der Waals surface area contributed by atoms with Crippen molar-refractivity contribution in [3.63, 3.8) is 0 Å². The Morgan fingerprint density at radius 1 is 0.750 bits per heavy atom. The Morgan fingerprint density at radius 3 is 1.38 bits per heavy atom. The van der Waals surface area contributed by atoms with Crippen molar-refractivity contribution in [2.24, 2.45) is 0 Å². The van der Waals surface area contributed by atoms with Crippen LogP contribution in [0.4, 0.5) is 0 Å². The first-order valence-electron chi connectivity index (χ1n) is 6.93. The zero-order valence-electron chi connectivity index (χ0n) is 14.2. The number of carboxylic acids is 1. The van der Waals surface area contributed by atoms with Gasteiger partial charge in [-0.1, -0.05) is 99.1 Å². The SMILES string of the molecule is C=CC(=O)[O-].C=Cc1ccccc1.C=Cc1ccccc1C=C.[Na+]. The van der Waals surface area contributed by atoms with E-state index >= 15 is 0 Å². The normalized spacial score (nSPS) is 7.83. The molecule has 118 valence electrons. The molecule has 2 aromatic rings. The zero-order valence-corrected chi connectivity index (χ0v) is 16.2. The predicted octanol–water partition coefficient (Wildman–Crippen LogP) is 1.23. The van der Waals surface area contributed by atoms with Gasteiger partial charge in [0.05, 0.1) is 5.97 Å². The first-order chi connectivity index (χ1) is 11.1. The number of carboxylic acid groups (broad SMARTS) is 1. The predicted molar refractivity (Wildman–Crippen MR) is 98.4 cm³/mol. The average Bonchev–Trinajstić information content (AvgIpc) is 2.63. The Kier molecular flexibility index (Phi) is 15.8. The van der Waals surface area contributed by atoms with Gasteiger partial charge in [-0.15, -0.1) is 0 Å². The number of benzene rings is 2. The van der Waals surface area contributed by atoms with Crippen LogP contribution in [-0.4, -0.2) is 5.97 Å². The summed E-state index contributed by atoms with van der Waals surface area (Å²) in [6.45, 7) is 13.9. The van der Waals surface area contributed by atoms with E-state index in [2.05, 4.69) is 26.3 Å². The molecule has 0 spiro atoms. The van der Waals surface area contributed by atoms with Crippen molar-refractivity contribution < 1.29 is 39.5 Å². The van der Waals surface area contributed by atoms with E-state index in [1.54, 1.807) is 0 Å². The van der Waals surface area contributed by atoms with Crippen molar-refractivity contribution in [1.82, 2.24) is 0 Å². The van der Waals surface area contributed by atoms with Crippen molar-refractivity contribution in [1.29, 1.82) is 0 Å². The molecule has 0 bridgehead atoms. The molecule has 24 heavy (non-hydrogen) atoms. The maximum atomic E-state index is 9.14. The smallest absolute Gasteiger partial charge is 0.545 e. The molecule has 0 unspecified atom stereocenters. The van der Waals surface area contributed by atoms with Crippen LogP contribution in [0.2, 0.25) is 0 Å². The van der Waals surface area contributed by atoms with Gasteiger partial charge in [0.2, 0.25) is 0 Å². The molecule has 2 aromatic carbocycles. The number of carbonyl (C=O) groups is 1. The molecule has 0 heterocycles. The number of hydrogen-bond acceptors (Lipinski definition) is 2. The summed E-state index contributed by atoms with van der Waals surface area (Å²) in [5.74, 6) is -1.23. The second-order valence-corrected chi connectivity index (χ2v) is 4.18. The molecule has 0 saturated carbocycles. The fourth-order valence-electron chi connectivity index (χ4n) is 1.47. The van der Waals surface area contributed by atoms with E-state index in [1.807, 2.05) is 72.8 Å². The Labute approximate surface area is 166 Å². The van der Waals surface area contributed by atoms with Crippen molar-refractivity contribution in [2.45, 2.75) is 0 Å². The first-order valence-corrected chi connectivity index (χ1v) is 6.93. The molecule has 0 atom stereocenters. The molecule has 3 heteroatoms. The minimum atomic E-state index is -1.23. The van der Waals surface area contributed by atoms with E-state index < -0.39 is 5.97 Å². The fraction of sp³-hybridized carbons (Fsp3) is 0. The molecular weight excluding hydrogens is 307 g/mol. The molecule has 0 fully saturated rings. The Bertz CT molecular complexity index is 619. The standard InChI is InChI=1S/C10H10.C8H8.C3H4O2.Na/c1-3-9-7-5-6-8-10(9)4-2;1-2-8-6-4-3-5-7-8;1-2-3(4)5;/h3-8H,1-2H2;2-7H,1H2;2H,1H2,(H,4,5);/q;;;+1/p-1. The molecule has 0 amide bonds. The third-order valence-electron chi connectivity index (χ3n) is 2.64. The van der Waals surface area contributed by atoms with Gasteiger partial charge in [0.15, 0.2) is 0 Å². The van der Waals surface area contributed by atoms with E-state index in [1.165, 1.54) is 5.56 Å². The van der Waals surface area contributed by atoms with Crippen LogP contribution in [0, 0.1) is 0 Å². The molecule has 2 rings (SSSR count). The number of aliphatic carboxylic acids is 1. The van der Waals surface area contributed by atoms with Crippen molar-refractivity contribution in [3.8, 4) is 0 Å². The summed E-state index contributed by atoms with van der Waals surface area (Å²) in [6, 6.07) is 18.0. The molecule has 0 saturated heterocycles. The van der Waals surface area contributed by atoms with Crippen molar-refractivity contribution in [3.05, 3.63) is 104 Å². The summed E-state index contributed by atoms with van der Waals surface area (Å²) in [5.41, 5.74) is 3.45. The van der Waals surface area contributed by atoms with Crippen LogP contribution < -0.4 is 34.7 Å². The van der Waals surface area contributed by atoms with Gasteiger partial charge in [-0.25, -0.2) is 0 Å². The van der Waals surface area contributed by atoms with Crippen LogP contribution in [0.1, 0.15) is 16.7 Å². The van der Waals surface area contributed by atoms with Crippen LogP contribution >= 0.6 is 0 Å². The van der Waals surface area contributed by atoms with Crippen molar-refractivity contribution in [2.75, 3.05) is 0 Å². The quantitative estimate of drug-likeness (QED) is 0.626. The van der Waals surface area contributed by atoms with Crippen LogP contribution in [-0.2, 0) is 4.79 Å². The topological polar surface area (TPSA) is 40.1 Å². The number of rotatable bonds is 4. The van der Waals surface area contributed by atoms with Crippen LogP contribution in [0.25, 0.3) is 18.2 Å². The van der Waals surface area contributed by atoms with Gasteiger partial charge in [-0.05, 0) is 22.8 Å². The number of carbonyl (C=O) groups excluding carboxylic acids is 1. The summed E-state index contributed by atoms with van der Waals surface area (Å²) < 4.78 is 0. The van der Waals surface area contributed by atoms with Gasteiger partial charge < -0.3 is 9.90 Å². The zero-order chi connectivity index (χ0) is 17.5. The molecule has 0 aliphatic carbocycles. The second-order valence-electron chi connectivity index (χ2n) is 4.18. The summed E-state index contributed by atoms with van der Waals surface area (Å²) in [6.07, 6.45) is 6.22. The first kappa shape index (κ1) is 24.1. The molecule has 0 radical (unpaired) electrons. The maximum Gasteiger partial charge on any atom is 1.00 e. The Balaban J connectivity index is 0. The number of hydrogen-bond donors (Lipinski definition) is 0. The fourth-order valence-corrected chi connectivity index (χ4v) is 1.47. The summed E-state index contributed by atoms with van der Waals surface area (Å²) in [5, 5.41) is 9.14. The van der Waals surface area contributed by atoms with E-state index in [0.29, 0.717) is 0 Å². The molecule has 0 N–H and O–H groups in total. The van der Waals surface area contributed by atoms with Gasteiger partial charge in [0.25, 0.3) is 0 Å². The molecule has 0 aromatic heterocycles. The van der Waals surface area contributed by atoms with Gasteiger partial charge in [-0.3, -0.25) is 0 Å². The molecule has 2 nitrogen and oxygen atoms in total. The minimum Gasteiger partial charge on any atom is -0.545 e. The monoisotopic (exact) mass is 328 g/mol. The van der Waals surface area contributed by atoms with Crippen LogP contribution in [0.3, 0.4) is 0 Å². The van der Waals surface area contributed by atoms with Gasteiger partial charge >= 0.3 is 29.6 Å². The second kappa shape index (κ2) is 15.8.